The molecule has 1 amide bonds. The lowest BCUT2D eigenvalue weighted by atomic mass is 10.3. The van der Waals surface area contributed by atoms with E-state index in [0.717, 1.165) is 5.75 Å². The van der Waals surface area contributed by atoms with E-state index in [9.17, 15) is 4.79 Å². The molecule has 15 heavy (non-hydrogen) atoms. The molecule has 1 rings (SSSR count). The van der Waals surface area contributed by atoms with E-state index in [4.69, 9.17) is 16.3 Å². The normalized spacial score (nSPS) is 11.9. The molecule has 1 aromatic carbocycles. The van der Waals surface area contributed by atoms with E-state index >= 15 is 0 Å². The Hall–Kier alpha value is -1.22. The Bertz CT molecular complexity index is 303. The van der Waals surface area contributed by atoms with E-state index in [1.807, 2.05) is 37.3 Å². The summed E-state index contributed by atoms with van der Waals surface area (Å²) in [6, 6.07) is 9.42. The molecule has 0 unspecified atom stereocenters. The van der Waals surface area contributed by atoms with E-state index in [-0.39, 0.29) is 17.8 Å². The number of carbonyl (C=O) groups excluding carboxylic acids is 1. The first-order chi connectivity index (χ1) is 7.22. The number of rotatable bonds is 5. The fourth-order valence-electron chi connectivity index (χ4n) is 1.09. The van der Waals surface area contributed by atoms with Gasteiger partial charge in [0.25, 0.3) is 0 Å². The molecule has 1 atom stereocenters. The molecule has 0 aliphatic rings. The highest BCUT2D eigenvalue weighted by molar-refractivity contribution is 6.27. The topological polar surface area (TPSA) is 38.3 Å². The summed E-state index contributed by atoms with van der Waals surface area (Å²) in [5, 5.41) is 2.70. The molecule has 0 radical (unpaired) electrons. The molecule has 1 N–H and O–H groups in total. The number of hydrogen-bond donors (Lipinski definition) is 1. The molecule has 0 saturated carbocycles. The van der Waals surface area contributed by atoms with Gasteiger partial charge in [0, 0.05) is 0 Å². The lowest BCUT2D eigenvalue weighted by molar-refractivity contribution is -0.119. The van der Waals surface area contributed by atoms with Gasteiger partial charge in [-0.15, -0.1) is 11.6 Å². The zero-order valence-electron chi connectivity index (χ0n) is 8.57. The highest BCUT2D eigenvalue weighted by atomic mass is 35.5. The summed E-state index contributed by atoms with van der Waals surface area (Å²) < 4.78 is 5.46. The number of nitrogens with one attached hydrogen (secondary N) is 1. The van der Waals surface area contributed by atoms with Crippen LogP contribution in [0, 0.1) is 0 Å². The van der Waals surface area contributed by atoms with Crippen LogP contribution in [0.3, 0.4) is 0 Å². The van der Waals surface area contributed by atoms with Crippen molar-refractivity contribution in [3.8, 4) is 5.75 Å². The fourth-order valence-corrected chi connectivity index (χ4v) is 1.17. The van der Waals surface area contributed by atoms with Crippen LogP contribution in [-0.2, 0) is 4.79 Å². The fraction of sp³-hybridized carbons (Fsp3) is 0.364. The predicted octanol–water partition coefficient (Wildman–Crippen LogP) is 1.81. The van der Waals surface area contributed by atoms with Crippen molar-refractivity contribution in [1.82, 2.24) is 5.32 Å². The minimum Gasteiger partial charge on any atom is -0.491 e. The molecule has 0 heterocycles. The van der Waals surface area contributed by atoms with Crippen LogP contribution in [0.25, 0.3) is 0 Å². The third-order valence-corrected chi connectivity index (χ3v) is 2.01. The highest BCUT2D eigenvalue weighted by Gasteiger charge is 2.06. The van der Waals surface area contributed by atoms with E-state index in [1.54, 1.807) is 0 Å². The van der Waals surface area contributed by atoms with Gasteiger partial charge in [-0.3, -0.25) is 4.79 Å². The van der Waals surface area contributed by atoms with Gasteiger partial charge < -0.3 is 10.1 Å². The average molecular weight is 228 g/mol. The molecule has 82 valence electrons. The average Bonchev–Trinajstić information content (AvgIpc) is 2.27. The Labute approximate surface area is 94.4 Å². The lowest BCUT2D eigenvalue weighted by Gasteiger charge is -2.14. The summed E-state index contributed by atoms with van der Waals surface area (Å²) >= 11 is 5.36. The largest absolute Gasteiger partial charge is 0.491 e. The summed E-state index contributed by atoms with van der Waals surface area (Å²) in [6.45, 7) is 2.31. The first kappa shape index (κ1) is 11.9. The first-order valence-corrected chi connectivity index (χ1v) is 5.29. The highest BCUT2D eigenvalue weighted by Crippen LogP contribution is 2.08. The number of ether oxygens (including phenoxy) is 1. The van der Waals surface area contributed by atoms with Crippen LogP contribution in [0.5, 0.6) is 5.75 Å². The summed E-state index contributed by atoms with van der Waals surface area (Å²) in [5.74, 6) is 0.598. The van der Waals surface area contributed by atoms with Crippen LogP contribution >= 0.6 is 11.6 Å². The van der Waals surface area contributed by atoms with Crippen molar-refractivity contribution >= 4 is 17.5 Å². The summed E-state index contributed by atoms with van der Waals surface area (Å²) in [4.78, 5) is 10.9. The maximum atomic E-state index is 10.9. The SMILES string of the molecule is C[C@@H](COc1ccccc1)NC(=O)CCl. The predicted molar refractivity (Wildman–Crippen MR) is 60.3 cm³/mol. The van der Waals surface area contributed by atoms with Crippen molar-refractivity contribution in [2.24, 2.45) is 0 Å². The van der Waals surface area contributed by atoms with Gasteiger partial charge in [-0.05, 0) is 19.1 Å². The Kier molecular flexibility index (Phi) is 4.98. The standard InChI is InChI=1S/C11H14ClNO2/c1-9(13-11(14)7-12)8-15-10-5-3-2-4-6-10/h2-6,9H,7-8H2,1H3,(H,13,14)/t9-/m0/s1. The van der Waals surface area contributed by atoms with E-state index in [2.05, 4.69) is 5.32 Å². The van der Waals surface area contributed by atoms with Crippen molar-refractivity contribution in [2.45, 2.75) is 13.0 Å². The van der Waals surface area contributed by atoms with Gasteiger partial charge in [0.1, 0.15) is 18.2 Å². The van der Waals surface area contributed by atoms with Crippen LogP contribution in [0.15, 0.2) is 30.3 Å². The Morgan fingerprint density at radius 2 is 2.13 bits per heavy atom. The van der Waals surface area contributed by atoms with Crippen LogP contribution < -0.4 is 10.1 Å². The van der Waals surface area contributed by atoms with Crippen LogP contribution in [-0.4, -0.2) is 24.4 Å². The van der Waals surface area contributed by atoms with Crippen LogP contribution in [0.1, 0.15) is 6.92 Å². The van der Waals surface area contributed by atoms with Crippen molar-refractivity contribution in [1.29, 1.82) is 0 Å². The number of benzene rings is 1. The van der Waals surface area contributed by atoms with Gasteiger partial charge in [0.05, 0.1) is 6.04 Å². The molecule has 0 aromatic heterocycles. The van der Waals surface area contributed by atoms with Crippen LogP contribution in [0.2, 0.25) is 0 Å². The van der Waals surface area contributed by atoms with Crippen molar-refractivity contribution in [2.75, 3.05) is 12.5 Å². The number of hydrogen-bond acceptors (Lipinski definition) is 2. The van der Waals surface area contributed by atoms with E-state index in [1.165, 1.54) is 0 Å². The molecule has 0 aliphatic carbocycles. The number of carbonyl (C=O) groups is 1. The lowest BCUT2D eigenvalue weighted by Crippen LogP contribution is -2.37. The molecular formula is C11H14ClNO2. The van der Waals surface area contributed by atoms with Crippen molar-refractivity contribution in [3.63, 3.8) is 0 Å². The number of para-hydroxylation sites is 1. The quantitative estimate of drug-likeness (QED) is 0.780. The van der Waals surface area contributed by atoms with Gasteiger partial charge in [0.15, 0.2) is 0 Å². The van der Waals surface area contributed by atoms with Gasteiger partial charge in [0.2, 0.25) is 5.91 Å². The Morgan fingerprint density at radius 3 is 2.73 bits per heavy atom. The minimum absolute atomic E-state index is 0.0182. The first-order valence-electron chi connectivity index (χ1n) is 4.75. The molecule has 1 aromatic rings. The molecule has 3 nitrogen and oxygen atoms in total. The number of amides is 1. The second-order valence-corrected chi connectivity index (χ2v) is 3.49. The van der Waals surface area contributed by atoms with Gasteiger partial charge >= 0.3 is 0 Å². The summed E-state index contributed by atoms with van der Waals surface area (Å²) in [6.07, 6.45) is 0. The molecule has 0 aliphatic heterocycles. The smallest absolute Gasteiger partial charge is 0.235 e. The summed E-state index contributed by atoms with van der Waals surface area (Å²) in [7, 11) is 0. The Morgan fingerprint density at radius 1 is 1.47 bits per heavy atom. The number of alkyl halides is 1. The van der Waals surface area contributed by atoms with E-state index in [0.29, 0.717) is 6.61 Å². The monoisotopic (exact) mass is 227 g/mol. The summed E-state index contributed by atoms with van der Waals surface area (Å²) in [5.41, 5.74) is 0. The molecular weight excluding hydrogens is 214 g/mol. The van der Waals surface area contributed by atoms with Crippen molar-refractivity contribution < 1.29 is 9.53 Å². The third-order valence-electron chi connectivity index (χ3n) is 1.77. The van der Waals surface area contributed by atoms with Gasteiger partial charge in [-0.25, -0.2) is 0 Å². The molecule has 0 spiro atoms. The Balaban J connectivity index is 2.28. The van der Waals surface area contributed by atoms with Crippen LogP contribution in [0.4, 0.5) is 0 Å². The third kappa shape index (κ3) is 4.70. The van der Waals surface area contributed by atoms with Gasteiger partial charge in [-0.1, -0.05) is 18.2 Å². The molecule has 0 fully saturated rings. The molecule has 0 bridgehead atoms. The second kappa shape index (κ2) is 6.30. The second-order valence-electron chi connectivity index (χ2n) is 3.23. The zero-order chi connectivity index (χ0) is 11.1. The number of halogens is 1. The van der Waals surface area contributed by atoms with Gasteiger partial charge in [-0.2, -0.15) is 0 Å². The zero-order valence-corrected chi connectivity index (χ0v) is 9.33. The molecule has 0 saturated heterocycles. The minimum atomic E-state index is -0.180. The van der Waals surface area contributed by atoms with Crippen molar-refractivity contribution in [3.05, 3.63) is 30.3 Å². The molecule has 4 heteroatoms. The maximum absolute atomic E-state index is 10.9. The maximum Gasteiger partial charge on any atom is 0.235 e. The van der Waals surface area contributed by atoms with E-state index < -0.39 is 0 Å².